The number of carbonyl (C=O) groups is 1. The van der Waals surface area contributed by atoms with Gasteiger partial charge in [-0.15, -0.1) is 0 Å². The summed E-state index contributed by atoms with van der Waals surface area (Å²) >= 11 is 3.37. The molecular weight excluding hydrogens is 294 g/mol. The average Bonchev–Trinajstić information content (AvgIpc) is 2.34. The van der Waals surface area contributed by atoms with Crippen molar-refractivity contribution in [1.29, 1.82) is 0 Å². The fourth-order valence-corrected chi connectivity index (χ4v) is 1.96. The largest absolute Gasteiger partial charge is 0.383 e. The Morgan fingerprint density at radius 1 is 1.33 bits per heavy atom. The van der Waals surface area contributed by atoms with Gasteiger partial charge in [0.25, 0.3) is 5.91 Å². The van der Waals surface area contributed by atoms with Crippen LogP contribution in [0.4, 0.5) is 0 Å². The lowest BCUT2D eigenvalue weighted by molar-refractivity contribution is 0.0672. The summed E-state index contributed by atoms with van der Waals surface area (Å²) in [6.07, 6.45) is 0. The highest BCUT2D eigenvalue weighted by molar-refractivity contribution is 9.10. The minimum absolute atomic E-state index is 0.0632. The quantitative estimate of drug-likeness (QED) is 0.807. The molecule has 0 saturated heterocycles. The van der Waals surface area contributed by atoms with E-state index in [2.05, 4.69) is 29.8 Å². The van der Waals surface area contributed by atoms with E-state index in [1.54, 1.807) is 7.11 Å². The van der Waals surface area contributed by atoms with Crippen molar-refractivity contribution >= 4 is 21.8 Å². The Morgan fingerprint density at radius 3 is 2.44 bits per heavy atom. The van der Waals surface area contributed by atoms with Gasteiger partial charge in [0.15, 0.2) is 0 Å². The lowest BCUT2D eigenvalue weighted by atomic mass is 10.1. The van der Waals surface area contributed by atoms with E-state index >= 15 is 0 Å². The monoisotopic (exact) mass is 313 g/mol. The normalized spacial score (nSPS) is 10.7. The van der Waals surface area contributed by atoms with Crippen molar-refractivity contribution in [3.05, 3.63) is 34.3 Å². The number of nitrogens with zero attached hydrogens (tertiary/aromatic N) is 1. The zero-order valence-corrected chi connectivity index (χ0v) is 12.7. The average molecular weight is 314 g/mol. The van der Waals surface area contributed by atoms with Crippen LogP contribution < -0.4 is 0 Å². The smallest absolute Gasteiger partial charge is 0.253 e. The first-order valence-corrected chi connectivity index (χ1v) is 6.87. The van der Waals surface area contributed by atoms with E-state index in [0.717, 1.165) is 16.6 Å². The van der Waals surface area contributed by atoms with E-state index in [1.165, 1.54) is 0 Å². The molecule has 0 aromatic heterocycles. The van der Waals surface area contributed by atoms with Crippen LogP contribution in [0, 0.1) is 5.92 Å². The summed E-state index contributed by atoms with van der Waals surface area (Å²) in [5, 5.41) is 0. The molecule has 0 saturated carbocycles. The molecule has 0 aliphatic rings. The third-order valence-corrected chi connectivity index (χ3v) is 3.06. The number of halogens is 1. The van der Waals surface area contributed by atoms with Gasteiger partial charge in [0.1, 0.15) is 0 Å². The van der Waals surface area contributed by atoms with Crippen LogP contribution in [0.1, 0.15) is 24.2 Å². The van der Waals surface area contributed by atoms with Crippen LogP contribution in [0.2, 0.25) is 0 Å². The molecule has 0 radical (unpaired) electrons. The molecule has 0 N–H and O–H groups in total. The van der Waals surface area contributed by atoms with E-state index in [1.807, 2.05) is 29.2 Å². The van der Waals surface area contributed by atoms with Gasteiger partial charge in [0.2, 0.25) is 0 Å². The van der Waals surface area contributed by atoms with Crippen molar-refractivity contribution in [2.24, 2.45) is 5.92 Å². The number of hydrogen-bond donors (Lipinski definition) is 0. The molecule has 0 fully saturated rings. The number of carbonyl (C=O) groups excluding carboxylic acids is 1. The lowest BCUT2D eigenvalue weighted by Crippen LogP contribution is -2.36. The molecular formula is C14H20BrNO2. The van der Waals surface area contributed by atoms with Crippen LogP contribution in [0.5, 0.6) is 0 Å². The minimum atomic E-state index is 0.0632. The zero-order chi connectivity index (χ0) is 13.5. The van der Waals surface area contributed by atoms with Gasteiger partial charge in [0, 0.05) is 30.2 Å². The molecule has 1 aromatic rings. The highest BCUT2D eigenvalue weighted by Crippen LogP contribution is 2.13. The molecule has 100 valence electrons. The summed E-state index contributed by atoms with van der Waals surface area (Å²) < 4.78 is 6.04. The van der Waals surface area contributed by atoms with Crippen LogP contribution >= 0.6 is 15.9 Å². The van der Waals surface area contributed by atoms with Crippen molar-refractivity contribution in [2.75, 3.05) is 26.8 Å². The second kappa shape index (κ2) is 7.54. The lowest BCUT2D eigenvalue weighted by Gasteiger charge is -2.24. The zero-order valence-electron chi connectivity index (χ0n) is 11.1. The standard InChI is InChI=1S/C14H20BrNO2/c1-11(2)10-16(8-9-18-3)14(17)12-4-6-13(15)7-5-12/h4-7,11H,8-10H2,1-3H3. The first-order chi connectivity index (χ1) is 8.54. The fraction of sp³-hybridized carbons (Fsp3) is 0.500. The van der Waals surface area contributed by atoms with E-state index in [-0.39, 0.29) is 5.91 Å². The van der Waals surface area contributed by atoms with E-state index in [9.17, 15) is 4.79 Å². The van der Waals surface area contributed by atoms with Gasteiger partial charge in [-0.3, -0.25) is 4.79 Å². The van der Waals surface area contributed by atoms with Crippen LogP contribution in [0.15, 0.2) is 28.7 Å². The highest BCUT2D eigenvalue weighted by Gasteiger charge is 2.16. The molecule has 3 nitrogen and oxygen atoms in total. The summed E-state index contributed by atoms with van der Waals surface area (Å²) in [5.41, 5.74) is 0.718. The summed E-state index contributed by atoms with van der Waals surface area (Å²) in [6.45, 7) is 6.15. The summed E-state index contributed by atoms with van der Waals surface area (Å²) in [5.74, 6) is 0.509. The predicted molar refractivity (Wildman–Crippen MR) is 76.8 cm³/mol. The predicted octanol–water partition coefficient (Wildman–Crippen LogP) is 3.19. The third-order valence-electron chi connectivity index (χ3n) is 2.53. The van der Waals surface area contributed by atoms with Gasteiger partial charge >= 0.3 is 0 Å². The molecule has 0 bridgehead atoms. The van der Waals surface area contributed by atoms with Crippen LogP contribution in [0.3, 0.4) is 0 Å². The maximum Gasteiger partial charge on any atom is 0.253 e. The number of rotatable bonds is 6. The molecule has 18 heavy (non-hydrogen) atoms. The van der Waals surface area contributed by atoms with E-state index < -0.39 is 0 Å². The van der Waals surface area contributed by atoms with Crippen molar-refractivity contribution in [3.63, 3.8) is 0 Å². The SMILES string of the molecule is COCCN(CC(C)C)C(=O)c1ccc(Br)cc1. The Hall–Kier alpha value is -0.870. The Labute approximate surface area is 117 Å². The molecule has 0 unspecified atom stereocenters. The molecule has 1 aromatic carbocycles. The van der Waals surface area contributed by atoms with Crippen molar-refractivity contribution in [3.8, 4) is 0 Å². The van der Waals surface area contributed by atoms with Gasteiger partial charge in [-0.05, 0) is 30.2 Å². The van der Waals surface area contributed by atoms with Crippen LogP contribution in [-0.2, 0) is 4.74 Å². The van der Waals surface area contributed by atoms with E-state index in [4.69, 9.17) is 4.74 Å². The van der Waals surface area contributed by atoms with Crippen molar-refractivity contribution in [2.45, 2.75) is 13.8 Å². The third kappa shape index (κ3) is 4.78. The Morgan fingerprint density at radius 2 is 1.94 bits per heavy atom. The summed E-state index contributed by atoms with van der Waals surface area (Å²) in [7, 11) is 1.65. The number of benzene rings is 1. The number of amides is 1. The van der Waals surface area contributed by atoms with Crippen molar-refractivity contribution in [1.82, 2.24) is 4.90 Å². The first-order valence-electron chi connectivity index (χ1n) is 6.08. The highest BCUT2D eigenvalue weighted by atomic mass is 79.9. The molecule has 0 aliphatic heterocycles. The summed E-state index contributed by atoms with van der Waals surface area (Å²) in [6, 6.07) is 7.45. The van der Waals surface area contributed by atoms with Gasteiger partial charge in [0.05, 0.1) is 6.61 Å². The second-order valence-electron chi connectivity index (χ2n) is 4.64. The molecule has 0 atom stereocenters. The number of hydrogen-bond acceptors (Lipinski definition) is 2. The first kappa shape index (κ1) is 15.2. The maximum absolute atomic E-state index is 12.4. The molecule has 0 aliphatic carbocycles. The van der Waals surface area contributed by atoms with Gasteiger partial charge < -0.3 is 9.64 Å². The topological polar surface area (TPSA) is 29.5 Å². The molecule has 0 heterocycles. The van der Waals surface area contributed by atoms with Gasteiger partial charge in [-0.2, -0.15) is 0 Å². The maximum atomic E-state index is 12.4. The Bertz CT molecular complexity index is 376. The van der Waals surface area contributed by atoms with E-state index in [0.29, 0.717) is 19.1 Å². The summed E-state index contributed by atoms with van der Waals surface area (Å²) in [4.78, 5) is 14.2. The fourth-order valence-electron chi connectivity index (χ4n) is 1.69. The second-order valence-corrected chi connectivity index (χ2v) is 5.56. The Kier molecular flexibility index (Phi) is 6.36. The molecule has 1 rings (SSSR count). The van der Waals surface area contributed by atoms with Crippen LogP contribution in [-0.4, -0.2) is 37.6 Å². The number of ether oxygens (including phenoxy) is 1. The Balaban J connectivity index is 2.77. The van der Waals surface area contributed by atoms with Crippen LogP contribution in [0.25, 0.3) is 0 Å². The van der Waals surface area contributed by atoms with Gasteiger partial charge in [-0.1, -0.05) is 29.8 Å². The van der Waals surface area contributed by atoms with Crippen molar-refractivity contribution < 1.29 is 9.53 Å². The molecule has 0 spiro atoms. The van der Waals surface area contributed by atoms with Gasteiger partial charge in [-0.25, -0.2) is 0 Å². The minimum Gasteiger partial charge on any atom is -0.383 e. The molecule has 4 heteroatoms. The molecule has 1 amide bonds. The number of methoxy groups -OCH3 is 1.